The molecule has 0 radical (unpaired) electrons. The minimum absolute atomic E-state index is 0.171. The molecule has 216 valence electrons. The van der Waals surface area contributed by atoms with E-state index in [0.29, 0.717) is 0 Å². The molecule has 0 aliphatic rings. The van der Waals surface area contributed by atoms with Crippen molar-refractivity contribution in [1.29, 1.82) is 0 Å². The third-order valence-corrected chi connectivity index (χ3v) is 5.36. The van der Waals surface area contributed by atoms with Crippen LogP contribution in [0.5, 0.6) is 28.7 Å². The number of carbonyl (C=O) groups is 1. The lowest BCUT2D eigenvalue weighted by atomic mass is 10.2. The van der Waals surface area contributed by atoms with Crippen molar-refractivity contribution in [3.8, 4) is 28.7 Å². The Balaban J connectivity index is 1.65. The first-order chi connectivity index (χ1) is 19.2. The van der Waals surface area contributed by atoms with E-state index in [1.807, 2.05) is 0 Å². The second-order valence-electron chi connectivity index (χ2n) is 8.11. The molecule has 0 saturated heterocycles. The molecule has 4 rings (SSSR count). The Bertz CT molecular complexity index is 1690. The Labute approximate surface area is 223 Å². The number of carbonyl (C=O) groups excluding carboxylic acids is 1. The quantitative estimate of drug-likeness (QED) is 0.0781. The highest BCUT2D eigenvalue weighted by Gasteiger charge is 2.40. The molecular formula is C26H14F8O7. The average molecular weight is 590 g/mol. The molecule has 41 heavy (non-hydrogen) atoms. The topological polar surface area (TPSA) is 84.2 Å². The zero-order valence-corrected chi connectivity index (χ0v) is 20.5. The van der Waals surface area contributed by atoms with Crippen LogP contribution < -0.4 is 24.4 Å². The number of hydrogen-bond donors (Lipinski definition) is 0. The van der Waals surface area contributed by atoms with Crippen molar-refractivity contribution >= 4 is 16.9 Å². The zero-order chi connectivity index (χ0) is 30.2. The fraction of sp³-hybridized carbons (Fsp3) is 0.154. The second kappa shape index (κ2) is 11.0. The van der Waals surface area contributed by atoms with Crippen molar-refractivity contribution in [2.24, 2.45) is 0 Å². The number of methoxy groups -OCH3 is 1. The standard InChI is InChI=1S/C26H14F8O7/c1-10(38-22-19(30)17(28)16(27)18(29)20(22)31)25(36)40-13-6-7-14-15(9-13)41-24(26(32,33)34)23(21(14)35)39-12-5-3-4-11(8-12)37-2/h3-10H,1-2H3. The summed E-state index contributed by atoms with van der Waals surface area (Å²) in [5.74, 6) is -18.5. The minimum atomic E-state index is -5.22. The van der Waals surface area contributed by atoms with Crippen LogP contribution in [0.4, 0.5) is 35.1 Å². The van der Waals surface area contributed by atoms with E-state index in [2.05, 4.69) is 4.74 Å². The molecule has 0 N–H and O–H groups in total. The molecule has 1 unspecified atom stereocenters. The van der Waals surface area contributed by atoms with Crippen molar-refractivity contribution in [1.82, 2.24) is 0 Å². The number of alkyl halides is 3. The molecule has 1 atom stereocenters. The number of ether oxygens (including phenoxy) is 4. The average Bonchev–Trinajstić information content (AvgIpc) is 2.93. The number of rotatable bonds is 7. The van der Waals surface area contributed by atoms with Gasteiger partial charge >= 0.3 is 12.1 Å². The van der Waals surface area contributed by atoms with E-state index in [0.717, 1.165) is 25.1 Å². The van der Waals surface area contributed by atoms with Crippen LogP contribution in [0.1, 0.15) is 12.7 Å². The summed E-state index contributed by atoms with van der Waals surface area (Å²) in [6.07, 6.45) is -7.19. The van der Waals surface area contributed by atoms with Gasteiger partial charge in [0.25, 0.3) is 5.76 Å². The Morgan fingerprint density at radius 2 is 1.44 bits per heavy atom. The van der Waals surface area contributed by atoms with Gasteiger partial charge < -0.3 is 23.4 Å². The van der Waals surface area contributed by atoms with E-state index >= 15 is 0 Å². The molecule has 0 aliphatic carbocycles. The summed E-state index contributed by atoms with van der Waals surface area (Å²) < 4.78 is 134. The second-order valence-corrected chi connectivity index (χ2v) is 8.11. The van der Waals surface area contributed by atoms with Crippen LogP contribution in [0.3, 0.4) is 0 Å². The largest absolute Gasteiger partial charge is 0.497 e. The summed E-state index contributed by atoms with van der Waals surface area (Å²) in [5, 5.41) is -0.415. The third kappa shape index (κ3) is 5.73. The van der Waals surface area contributed by atoms with Gasteiger partial charge in [0, 0.05) is 12.1 Å². The molecule has 4 aromatic rings. The van der Waals surface area contributed by atoms with Crippen molar-refractivity contribution < 1.29 is 63.3 Å². The summed E-state index contributed by atoms with van der Waals surface area (Å²) >= 11 is 0. The number of halogens is 8. The van der Waals surface area contributed by atoms with E-state index in [9.17, 15) is 44.7 Å². The highest BCUT2D eigenvalue weighted by molar-refractivity contribution is 5.82. The first-order valence-electron chi connectivity index (χ1n) is 11.1. The molecule has 3 aromatic carbocycles. The number of fused-ring (bicyclic) bond motifs is 1. The monoisotopic (exact) mass is 590 g/mol. The predicted octanol–water partition coefficient (Wildman–Crippen LogP) is 6.68. The van der Waals surface area contributed by atoms with Crippen LogP contribution in [0.25, 0.3) is 11.0 Å². The van der Waals surface area contributed by atoms with E-state index in [4.69, 9.17) is 18.6 Å². The molecular weight excluding hydrogens is 576 g/mol. The lowest BCUT2D eigenvalue weighted by Gasteiger charge is -2.16. The van der Waals surface area contributed by atoms with Crippen LogP contribution in [0, 0.1) is 29.1 Å². The molecule has 1 aromatic heterocycles. The van der Waals surface area contributed by atoms with Gasteiger partial charge in [-0.3, -0.25) is 4.79 Å². The minimum Gasteiger partial charge on any atom is -0.497 e. The van der Waals surface area contributed by atoms with Gasteiger partial charge in [0.1, 0.15) is 22.8 Å². The van der Waals surface area contributed by atoms with Crippen LogP contribution in [-0.4, -0.2) is 19.2 Å². The fourth-order valence-electron chi connectivity index (χ4n) is 3.39. The molecule has 15 heteroatoms. The molecule has 0 amide bonds. The maximum Gasteiger partial charge on any atom is 0.453 e. The van der Waals surface area contributed by atoms with Gasteiger partial charge in [0.05, 0.1) is 12.5 Å². The summed E-state index contributed by atoms with van der Waals surface area (Å²) in [6.45, 7) is 0.839. The number of esters is 1. The van der Waals surface area contributed by atoms with Gasteiger partial charge in [-0.1, -0.05) is 6.07 Å². The molecule has 0 fully saturated rings. The Morgan fingerprint density at radius 1 is 0.829 bits per heavy atom. The zero-order valence-electron chi connectivity index (χ0n) is 20.5. The fourth-order valence-corrected chi connectivity index (χ4v) is 3.39. The summed E-state index contributed by atoms with van der Waals surface area (Å²) in [6, 6.07) is 8.01. The smallest absolute Gasteiger partial charge is 0.453 e. The van der Waals surface area contributed by atoms with Gasteiger partial charge in [-0.25, -0.2) is 18.0 Å². The SMILES string of the molecule is COc1cccc(Oc2c(C(F)(F)F)oc3cc(OC(=O)C(C)Oc4c(F)c(F)c(F)c(F)c4F)ccc3c2=O)c1. The highest BCUT2D eigenvalue weighted by atomic mass is 19.4. The molecule has 0 aliphatic heterocycles. The molecule has 0 spiro atoms. The van der Waals surface area contributed by atoms with Crippen LogP contribution in [-0.2, 0) is 11.0 Å². The number of benzene rings is 3. The first-order valence-corrected chi connectivity index (χ1v) is 11.1. The van der Waals surface area contributed by atoms with Gasteiger partial charge in [-0.15, -0.1) is 0 Å². The molecule has 7 nitrogen and oxygen atoms in total. The highest BCUT2D eigenvalue weighted by Crippen LogP contribution is 2.39. The normalized spacial score (nSPS) is 12.2. The van der Waals surface area contributed by atoms with E-state index < -0.39 is 86.7 Å². The van der Waals surface area contributed by atoms with E-state index in [-0.39, 0.29) is 11.5 Å². The Morgan fingerprint density at radius 3 is 2.05 bits per heavy atom. The van der Waals surface area contributed by atoms with E-state index in [1.165, 1.54) is 31.4 Å². The third-order valence-electron chi connectivity index (χ3n) is 5.36. The van der Waals surface area contributed by atoms with E-state index in [1.54, 1.807) is 0 Å². The maximum absolute atomic E-state index is 13.9. The lowest BCUT2D eigenvalue weighted by molar-refractivity contribution is -0.154. The Kier molecular flexibility index (Phi) is 7.81. The first kappa shape index (κ1) is 29.2. The van der Waals surface area contributed by atoms with Crippen LogP contribution >= 0.6 is 0 Å². The van der Waals surface area contributed by atoms with Crippen molar-refractivity contribution in [2.45, 2.75) is 19.2 Å². The molecule has 0 bridgehead atoms. The maximum atomic E-state index is 13.9. The van der Waals surface area contributed by atoms with Crippen molar-refractivity contribution in [3.63, 3.8) is 0 Å². The van der Waals surface area contributed by atoms with Crippen molar-refractivity contribution in [2.75, 3.05) is 7.11 Å². The van der Waals surface area contributed by atoms with Crippen LogP contribution in [0.15, 0.2) is 51.7 Å². The number of hydrogen-bond acceptors (Lipinski definition) is 7. The Hall–Kier alpha value is -4.82. The van der Waals surface area contributed by atoms with Gasteiger partial charge in [0.2, 0.25) is 40.3 Å². The van der Waals surface area contributed by atoms with Gasteiger partial charge in [-0.2, -0.15) is 22.0 Å². The summed E-state index contributed by atoms with van der Waals surface area (Å²) in [5.41, 5.74) is -1.93. The summed E-state index contributed by atoms with van der Waals surface area (Å²) in [7, 11) is 1.31. The van der Waals surface area contributed by atoms with Gasteiger partial charge in [0.15, 0.2) is 11.9 Å². The molecule has 1 heterocycles. The predicted molar refractivity (Wildman–Crippen MR) is 123 cm³/mol. The van der Waals surface area contributed by atoms with Gasteiger partial charge in [-0.05, 0) is 31.2 Å². The van der Waals surface area contributed by atoms with Crippen LogP contribution in [0.2, 0.25) is 0 Å². The summed E-state index contributed by atoms with van der Waals surface area (Å²) in [4.78, 5) is 25.3. The lowest BCUT2D eigenvalue weighted by Crippen LogP contribution is -2.29. The van der Waals surface area contributed by atoms with Crippen molar-refractivity contribution in [3.05, 3.63) is 87.5 Å². The molecule has 0 saturated carbocycles.